The summed E-state index contributed by atoms with van der Waals surface area (Å²) in [7, 11) is 0. The number of carbonyl (C=O) groups excluding carboxylic acids is 2. The van der Waals surface area contributed by atoms with Crippen molar-refractivity contribution in [2.24, 2.45) is 0 Å². The van der Waals surface area contributed by atoms with Gasteiger partial charge in [0, 0.05) is 28.6 Å². The van der Waals surface area contributed by atoms with Gasteiger partial charge < -0.3 is 9.47 Å². The summed E-state index contributed by atoms with van der Waals surface area (Å²) in [6.07, 6.45) is 0. The van der Waals surface area contributed by atoms with Crippen LogP contribution in [0.1, 0.15) is 47.2 Å². The molecule has 0 saturated carbocycles. The van der Waals surface area contributed by atoms with E-state index in [0.717, 1.165) is 33.4 Å². The van der Waals surface area contributed by atoms with Crippen LogP contribution < -0.4 is 9.47 Å². The molecule has 0 fully saturated rings. The number of ether oxygens (including phenoxy) is 2. The molecule has 0 aliphatic carbocycles. The molecule has 0 bridgehead atoms. The van der Waals surface area contributed by atoms with Crippen LogP contribution in [0.3, 0.4) is 0 Å². The summed E-state index contributed by atoms with van der Waals surface area (Å²) in [5.41, 5.74) is 4.15. The maximum atomic E-state index is 11.0. The molecule has 0 heterocycles. The molecule has 2 aromatic carbocycles. The van der Waals surface area contributed by atoms with Crippen LogP contribution in [-0.4, -0.2) is 10.9 Å². The molecule has 0 radical (unpaired) electrons. The largest absolute Gasteiger partial charge is 0.414 e. The SMILES string of the molecule is Cc1cc(OC(=O)Cl)cc(C)c1C(C)(C)c1c(C)cc(OC(=O)Cl)cc1C. The summed E-state index contributed by atoms with van der Waals surface area (Å²) in [4.78, 5) is 22.1. The third-order valence-electron chi connectivity index (χ3n) is 4.66. The number of hydrogen-bond donors (Lipinski definition) is 0. The van der Waals surface area contributed by atoms with Crippen LogP contribution in [0.5, 0.6) is 11.5 Å². The molecule has 0 aliphatic heterocycles. The molecular formula is C21H22Cl2O4. The van der Waals surface area contributed by atoms with Crippen molar-refractivity contribution in [3.05, 3.63) is 57.6 Å². The highest BCUT2D eigenvalue weighted by atomic mass is 35.5. The maximum absolute atomic E-state index is 11.0. The third-order valence-corrected chi connectivity index (χ3v) is 4.81. The lowest BCUT2D eigenvalue weighted by Crippen LogP contribution is -2.24. The van der Waals surface area contributed by atoms with Gasteiger partial charge in [-0.15, -0.1) is 0 Å². The Labute approximate surface area is 169 Å². The highest BCUT2D eigenvalue weighted by Crippen LogP contribution is 2.41. The molecule has 0 aliphatic rings. The first-order chi connectivity index (χ1) is 12.4. The highest BCUT2D eigenvalue weighted by molar-refractivity contribution is 6.61. The molecule has 0 amide bonds. The van der Waals surface area contributed by atoms with E-state index in [1.165, 1.54) is 0 Å². The molecule has 27 heavy (non-hydrogen) atoms. The van der Waals surface area contributed by atoms with Gasteiger partial charge in [0.2, 0.25) is 0 Å². The van der Waals surface area contributed by atoms with Gasteiger partial charge in [-0.1, -0.05) is 13.8 Å². The fraction of sp³-hybridized carbons (Fsp3) is 0.333. The summed E-state index contributed by atoms with van der Waals surface area (Å²) in [6, 6.07) is 7.22. The Kier molecular flexibility index (Phi) is 6.23. The number of hydrogen-bond acceptors (Lipinski definition) is 4. The van der Waals surface area contributed by atoms with Crippen LogP contribution in [0, 0.1) is 27.7 Å². The lowest BCUT2D eigenvalue weighted by molar-refractivity contribution is 0.224. The van der Waals surface area contributed by atoms with Gasteiger partial charge in [-0.25, -0.2) is 9.59 Å². The average Bonchev–Trinajstić information content (AvgIpc) is 2.42. The zero-order valence-electron chi connectivity index (χ0n) is 16.2. The predicted molar refractivity (Wildman–Crippen MR) is 108 cm³/mol. The highest BCUT2D eigenvalue weighted by Gasteiger charge is 2.30. The number of benzene rings is 2. The minimum atomic E-state index is -0.864. The van der Waals surface area contributed by atoms with Crippen molar-refractivity contribution in [2.75, 3.05) is 0 Å². The van der Waals surface area contributed by atoms with Crippen molar-refractivity contribution >= 4 is 34.1 Å². The number of carbonyl (C=O) groups is 2. The van der Waals surface area contributed by atoms with Gasteiger partial charge >= 0.3 is 10.9 Å². The van der Waals surface area contributed by atoms with Gasteiger partial charge in [0.25, 0.3) is 0 Å². The van der Waals surface area contributed by atoms with E-state index < -0.39 is 10.9 Å². The summed E-state index contributed by atoms with van der Waals surface area (Å²) in [6.45, 7) is 12.2. The van der Waals surface area contributed by atoms with E-state index in [9.17, 15) is 9.59 Å². The summed E-state index contributed by atoms with van der Waals surface area (Å²) in [5, 5.41) is 0. The van der Waals surface area contributed by atoms with Crippen molar-refractivity contribution < 1.29 is 19.1 Å². The number of aryl methyl sites for hydroxylation is 4. The van der Waals surface area contributed by atoms with Crippen LogP contribution in [0.2, 0.25) is 0 Å². The fourth-order valence-corrected chi connectivity index (χ4v) is 4.43. The monoisotopic (exact) mass is 408 g/mol. The minimum Gasteiger partial charge on any atom is -0.414 e. The van der Waals surface area contributed by atoms with E-state index in [0.29, 0.717) is 11.5 Å². The van der Waals surface area contributed by atoms with E-state index in [-0.39, 0.29) is 5.41 Å². The fourth-order valence-electron chi connectivity index (χ4n) is 4.25. The molecule has 0 atom stereocenters. The standard InChI is InChI=1S/C21H22Cl2O4/c1-11-7-15(26-19(22)24)8-12(2)17(11)21(5,6)18-13(3)9-16(10-14(18)4)27-20(23)25/h7-10H,1-6H3. The number of halogens is 2. The zero-order chi connectivity index (χ0) is 20.5. The maximum Gasteiger partial charge on any atom is 0.409 e. The van der Waals surface area contributed by atoms with Crippen LogP contribution in [-0.2, 0) is 5.41 Å². The molecular weight excluding hydrogens is 387 g/mol. The lowest BCUT2D eigenvalue weighted by atomic mass is 9.71. The molecule has 4 nitrogen and oxygen atoms in total. The predicted octanol–water partition coefficient (Wildman–Crippen LogP) is 6.72. The van der Waals surface area contributed by atoms with Crippen LogP contribution in [0.4, 0.5) is 9.59 Å². The Morgan fingerprint density at radius 2 is 0.963 bits per heavy atom. The molecule has 0 saturated heterocycles. The first-order valence-electron chi connectivity index (χ1n) is 8.41. The molecule has 144 valence electrons. The van der Waals surface area contributed by atoms with Gasteiger partial charge in [-0.05, 0) is 85.3 Å². The van der Waals surface area contributed by atoms with Gasteiger partial charge in [0.15, 0.2) is 0 Å². The summed E-state index contributed by atoms with van der Waals surface area (Å²) in [5.74, 6) is 0.838. The first-order valence-corrected chi connectivity index (χ1v) is 9.17. The van der Waals surface area contributed by atoms with E-state index in [1.807, 2.05) is 27.7 Å². The normalized spacial score (nSPS) is 11.3. The molecule has 0 aromatic heterocycles. The van der Waals surface area contributed by atoms with Crippen molar-refractivity contribution in [2.45, 2.75) is 47.0 Å². The molecule has 2 aromatic rings. The van der Waals surface area contributed by atoms with Crippen molar-refractivity contribution in [1.29, 1.82) is 0 Å². The topological polar surface area (TPSA) is 52.6 Å². The van der Waals surface area contributed by atoms with E-state index in [1.54, 1.807) is 24.3 Å². The second kappa shape index (κ2) is 7.91. The average molecular weight is 409 g/mol. The van der Waals surface area contributed by atoms with Gasteiger partial charge in [0.1, 0.15) is 11.5 Å². The summed E-state index contributed by atoms with van der Waals surface area (Å²) >= 11 is 10.7. The summed E-state index contributed by atoms with van der Waals surface area (Å²) < 4.78 is 10.0. The first kappa shape index (κ1) is 21.3. The Hall–Kier alpha value is -2.04. The van der Waals surface area contributed by atoms with Crippen molar-refractivity contribution in [1.82, 2.24) is 0 Å². The van der Waals surface area contributed by atoms with E-state index >= 15 is 0 Å². The second-order valence-corrected chi connectivity index (χ2v) is 7.79. The minimum absolute atomic E-state index is 0.338. The Bertz CT molecular complexity index is 797. The Balaban J connectivity index is 2.59. The lowest BCUT2D eigenvalue weighted by Gasteiger charge is -2.33. The smallest absolute Gasteiger partial charge is 0.409 e. The van der Waals surface area contributed by atoms with Crippen molar-refractivity contribution in [3.63, 3.8) is 0 Å². The quantitative estimate of drug-likeness (QED) is 0.526. The molecule has 0 N–H and O–H groups in total. The number of rotatable bonds is 4. The van der Waals surface area contributed by atoms with Crippen LogP contribution in [0.25, 0.3) is 0 Å². The Morgan fingerprint density at radius 1 is 0.704 bits per heavy atom. The molecule has 0 spiro atoms. The molecule has 0 unspecified atom stereocenters. The van der Waals surface area contributed by atoms with E-state index in [4.69, 9.17) is 32.7 Å². The van der Waals surface area contributed by atoms with Crippen LogP contribution >= 0.6 is 23.2 Å². The van der Waals surface area contributed by atoms with Gasteiger partial charge in [-0.3, -0.25) is 0 Å². The van der Waals surface area contributed by atoms with Crippen molar-refractivity contribution in [3.8, 4) is 11.5 Å². The molecule has 6 heteroatoms. The van der Waals surface area contributed by atoms with E-state index in [2.05, 4.69) is 13.8 Å². The van der Waals surface area contributed by atoms with Gasteiger partial charge in [-0.2, -0.15) is 0 Å². The Morgan fingerprint density at radius 3 is 1.19 bits per heavy atom. The van der Waals surface area contributed by atoms with Crippen LogP contribution in [0.15, 0.2) is 24.3 Å². The second-order valence-electron chi connectivity index (χ2n) is 7.17. The molecule has 2 rings (SSSR count). The van der Waals surface area contributed by atoms with Gasteiger partial charge in [0.05, 0.1) is 0 Å². The third kappa shape index (κ3) is 4.63. The zero-order valence-corrected chi connectivity index (χ0v) is 17.7.